The second-order valence-corrected chi connectivity index (χ2v) is 5.37. The summed E-state index contributed by atoms with van der Waals surface area (Å²) in [6.45, 7) is 5.88. The number of carbonyl (C=O) groups is 1. The van der Waals surface area contributed by atoms with Gasteiger partial charge in [-0.05, 0) is 31.0 Å². The lowest BCUT2D eigenvalue weighted by Gasteiger charge is -2.12. The first-order chi connectivity index (χ1) is 12.2. The van der Waals surface area contributed by atoms with Crippen LogP contribution >= 0.6 is 0 Å². The molecule has 1 aromatic carbocycles. The van der Waals surface area contributed by atoms with Gasteiger partial charge in [-0.15, -0.1) is 0 Å². The molecule has 25 heavy (non-hydrogen) atoms. The van der Waals surface area contributed by atoms with Crippen molar-refractivity contribution in [1.82, 2.24) is 16.0 Å². The van der Waals surface area contributed by atoms with Crippen LogP contribution in [0.15, 0.2) is 29.3 Å². The van der Waals surface area contributed by atoms with Gasteiger partial charge in [0.15, 0.2) is 5.96 Å². The van der Waals surface area contributed by atoms with Gasteiger partial charge in [-0.3, -0.25) is 9.79 Å². The Morgan fingerprint density at radius 3 is 2.48 bits per heavy atom. The van der Waals surface area contributed by atoms with E-state index in [2.05, 4.69) is 20.9 Å². The smallest absolute Gasteiger partial charge is 0.251 e. The van der Waals surface area contributed by atoms with Crippen LogP contribution in [0.1, 0.15) is 29.3 Å². The van der Waals surface area contributed by atoms with E-state index in [-0.39, 0.29) is 5.91 Å². The molecule has 0 aliphatic carbocycles. The Morgan fingerprint density at radius 1 is 1.08 bits per heavy atom. The molecule has 0 unspecified atom stereocenters. The lowest BCUT2D eigenvalue weighted by atomic mass is 10.1. The summed E-state index contributed by atoms with van der Waals surface area (Å²) in [5.41, 5.74) is 1.75. The highest BCUT2D eigenvalue weighted by Crippen LogP contribution is 2.04. The normalized spacial score (nSPS) is 11.2. The van der Waals surface area contributed by atoms with Crippen LogP contribution in [0.2, 0.25) is 0 Å². The van der Waals surface area contributed by atoms with E-state index in [1.165, 1.54) is 0 Å². The minimum absolute atomic E-state index is 0.0489. The van der Waals surface area contributed by atoms with Gasteiger partial charge in [0, 0.05) is 46.0 Å². The average Bonchev–Trinajstić information content (AvgIpc) is 2.64. The van der Waals surface area contributed by atoms with Crippen molar-refractivity contribution in [3.05, 3.63) is 35.4 Å². The molecule has 140 valence electrons. The van der Waals surface area contributed by atoms with Crippen LogP contribution in [0.25, 0.3) is 0 Å². The van der Waals surface area contributed by atoms with E-state index in [1.54, 1.807) is 14.2 Å². The molecule has 0 atom stereocenters. The number of nitrogens with zero attached hydrogens (tertiary/aromatic N) is 1. The Bertz CT molecular complexity index is 518. The Morgan fingerprint density at radius 2 is 1.84 bits per heavy atom. The van der Waals surface area contributed by atoms with Crippen LogP contribution in [0.3, 0.4) is 0 Å². The molecule has 7 nitrogen and oxygen atoms in total. The fourth-order valence-electron chi connectivity index (χ4n) is 2.07. The van der Waals surface area contributed by atoms with Crippen molar-refractivity contribution in [3.63, 3.8) is 0 Å². The van der Waals surface area contributed by atoms with E-state index in [0.29, 0.717) is 38.5 Å². The van der Waals surface area contributed by atoms with Crippen LogP contribution in [0.4, 0.5) is 0 Å². The minimum atomic E-state index is -0.0489. The monoisotopic (exact) mass is 350 g/mol. The van der Waals surface area contributed by atoms with Crippen LogP contribution < -0.4 is 16.0 Å². The number of hydrogen-bond acceptors (Lipinski definition) is 4. The predicted molar refractivity (Wildman–Crippen MR) is 100.0 cm³/mol. The van der Waals surface area contributed by atoms with Crippen molar-refractivity contribution < 1.29 is 14.3 Å². The molecule has 0 heterocycles. The van der Waals surface area contributed by atoms with Gasteiger partial charge in [-0.2, -0.15) is 0 Å². The van der Waals surface area contributed by atoms with Gasteiger partial charge in [0.05, 0.1) is 13.2 Å². The van der Waals surface area contributed by atoms with Gasteiger partial charge in [-0.1, -0.05) is 12.1 Å². The highest BCUT2D eigenvalue weighted by atomic mass is 16.5. The van der Waals surface area contributed by atoms with Crippen LogP contribution in [0.5, 0.6) is 0 Å². The van der Waals surface area contributed by atoms with Gasteiger partial charge in [0.25, 0.3) is 5.91 Å². The molecule has 0 aromatic heterocycles. The number of rotatable bonds is 11. The van der Waals surface area contributed by atoms with E-state index in [0.717, 1.165) is 24.5 Å². The van der Waals surface area contributed by atoms with Crippen molar-refractivity contribution in [2.45, 2.75) is 19.9 Å². The maximum Gasteiger partial charge on any atom is 0.251 e. The standard InChI is InChI=1S/C18H30N4O3/c1-4-20-17(23)16-8-6-15(7-9-16)14-22-18(19-2)21-10-5-11-25-13-12-24-3/h6-9H,4-5,10-14H2,1-3H3,(H,20,23)(H2,19,21,22). The van der Waals surface area contributed by atoms with Crippen molar-refractivity contribution in [2.24, 2.45) is 4.99 Å². The first-order valence-corrected chi connectivity index (χ1v) is 8.59. The minimum Gasteiger partial charge on any atom is -0.382 e. The highest BCUT2D eigenvalue weighted by Gasteiger charge is 2.04. The Labute approximate surface area is 150 Å². The van der Waals surface area contributed by atoms with Crippen molar-refractivity contribution >= 4 is 11.9 Å². The molecule has 1 rings (SSSR count). The lowest BCUT2D eigenvalue weighted by Crippen LogP contribution is -2.37. The van der Waals surface area contributed by atoms with Crippen molar-refractivity contribution in [3.8, 4) is 0 Å². The molecule has 0 aliphatic rings. The average molecular weight is 350 g/mol. The zero-order valence-electron chi connectivity index (χ0n) is 15.4. The largest absolute Gasteiger partial charge is 0.382 e. The summed E-state index contributed by atoms with van der Waals surface area (Å²) >= 11 is 0. The maximum atomic E-state index is 11.7. The number of methoxy groups -OCH3 is 1. The van der Waals surface area contributed by atoms with Gasteiger partial charge in [0.1, 0.15) is 0 Å². The first-order valence-electron chi connectivity index (χ1n) is 8.59. The zero-order valence-corrected chi connectivity index (χ0v) is 15.4. The molecule has 0 bridgehead atoms. The quantitative estimate of drug-likeness (QED) is 0.317. The summed E-state index contributed by atoms with van der Waals surface area (Å²) in [6.07, 6.45) is 0.894. The number of hydrogen-bond donors (Lipinski definition) is 3. The number of nitrogens with one attached hydrogen (secondary N) is 3. The Balaban J connectivity index is 2.26. The molecule has 1 aromatic rings. The van der Waals surface area contributed by atoms with Crippen molar-refractivity contribution in [1.29, 1.82) is 0 Å². The topological polar surface area (TPSA) is 84.0 Å². The van der Waals surface area contributed by atoms with Crippen LogP contribution in [0, 0.1) is 0 Å². The molecule has 7 heteroatoms. The lowest BCUT2D eigenvalue weighted by molar-refractivity contribution is 0.0698. The van der Waals surface area contributed by atoms with Gasteiger partial charge >= 0.3 is 0 Å². The van der Waals surface area contributed by atoms with E-state index in [1.807, 2.05) is 31.2 Å². The van der Waals surface area contributed by atoms with E-state index in [9.17, 15) is 4.79 Å². The number of aliphatic imine (C=N–C) groups is 1. The molecule has 0 radical (unpaired) electrons. The first kappa shape index (κ1) is 20.9. The molecule has 0 spiro atoms. The molecule has 0 aliphatic heterocycles. The van der Waals surface area contributed by atoms with Crippen molar-refractivity contribution in [2.75, 3.05) is 47.1 Å². The predicted octanol–water partition coefficient (Wildman–Crippen LogP) is 1.15. The van der Waals surface area contributed by atoms with Gasteiger partial charge in [-0.25, -0.2) is 0 Å². The Kier molecular flexibility index (Phi) is 11.0. The third-order valence-electron chi connectivity index (χ3n) is 3.43. The van der Waals surface area contributed by atoms with Gasteiger partial charge < -0.3 is 25.4 Å². The third-order valence-corrected chi connectivity index (χ3v) is 3.43. The number of guanidine groups is 1. The number of benzene rings is 1. The number of ether oxygens (including phenoxy) is 2. The van der Waals surface area contributed by atoms with Gasteiger partial charge in [0.2, 0.25) is 0 Å². The molecular weight excluding hydrogens is 320 g/mol. The third kappa shape index (κ3) is 9.07. The van der Waals surface area contributed by atoms with E-state index < -0.39 is 0 Å². The second kappa shape index (κ2) is 13.2. The zero-order chi connectivity index (χ0) is 18.3. The second-order valence-electron chi connectivity index (χ2n) is 5.37. The summed E-state index contributed by atoms with van der Waals surface area (Å²) in [6, 6.07) is 7.54. The molecule has 3 N–H and O–H groups in total. The molecule has 0 fully saturated rings. The highest BCUT2D eigenvalue weighted by molar-refractivity contribution is 5.94. The fraction of sp³-hybridized carbons (Fsp3) is 0.556. The summed E-state index contributed by atoms with van der Waals surface area (Å²) in [5, 5.41) is 9.27. The van der Waals surface area contributed by atoms with E-state index in [4.69, 9.17) is 9.47 Å². The SMILES string of the molecule is CCNC(=O)c1ccc(CNC(=NC)NCCCOCCOC)cc1. The molecule has 0 saturated carbocycles. The fourth-order valence-corrected chi connectivity index (χ4v) is 2.07. The maximum absolute atomic E-state index is 11.7. The summed E-state index contributed by atoms with van der Waals surface area (Å²) in [7, 11) is 3.40. The number of carbonyl (C=O) groups excluding carboxylic acids is 1. The summed E-state index contributed by atoms with van der Waals surface area (Å²) in [4.78, 5) is 15.9. The Hall–Kier alpha value is -2.12. The van der Waals surface area contributed by atoms with Crippen LogP contribution in [-0.4, -0.2) is 58.9 Å². The van der Waals surface area contributed by atoms with Crippen LogP contribution in [-0.2, 0) is 16.0 Å². The number of amides is 1. The summed E-state index contributed by atoms with van der Waals surface area (Å²) < 4.78 is 10.3. The molecule has 1 amide bonds. The molecular formula is C18H30N4O3. The summed E-state index contributed by atoms with van der Waals surface area (Å²) in [5.74, 6) is 0.692. The molecule has 0 saturated heterocycles. The van der Waals surface area contributed by atoms with E-state index >= 15 is 0 Å².